The molecule has 13 heteroatoms. The third-order valence-corrected chi connectivity index (χ3v) is 8.56. The van der Waals surface area contributed by atoms with Gasteiger partial charge in [0.05, 0.1) is 26.3 Å². The van der Waals surface area contributed by atoms with E-state index in [4.69, 9.17) is 9.47 Å². The van der Waals surface area contributed by atoms with Gasteiger partial charge in [0.1, 0.15) is 11.7 Å². The van der Waals surface area contributed by atoms with E-state index in [-0.39, 0.29) is 24.3 Å². The van der Waals surface area contributed by atoms with Gasteiger partial charge in [-0.05, 0) is 30.5 Å². The Labute approximate surface area is 230 Å². The van der Waals surface area contributed by atoms with E-state index in [1.165, 1.54) is 4.90 Å². The van der Waals surface area contributed by atoms with E-state index in [0.717, 1.165) is 11.1 Å². The minimum absolute atomic E-state index is 0.134. The van der Waals surface area contributed by atoms with Gasteiger partial charge in [0.2, 0.25) is 17.7 Å². The lowest BCUT2D eigenvalue weighted by atomic mass is 9.86. The van der Waals surface area contributed by atoms with Crippen LogP contribution < -0.4 is 25.2 Å². The van der Waals surface area contributed by atoms with Crippen molar-refractivity contribution >= 4 is 17.9 Å². The zero-order valence-electron chi connectivity index (χ0n) is 22.5. The van der Waals surface area contributed by atoms with E-state index in [0.29, 0.717) is 63.7 Å². The van der Waals surface area contributed by atoms with Crippen LogP contribution in [0.15, 0.2) is 30.5 Å². The van der Waals surface area contributed by atoms with Crippen LogP contribution in [0.1, 0.15) is 36.3 Å². The summed E-state index contributed by atoms with van der Waals surface area (Å²) in [6.45, 7) is 2.64. The SMILES string of the molecule is COc1cccc(CN2C(=O)N(c3ncc(C4CNNC4)c(OC)n3)CC23CCN(C(=O)[C@@H]2CC2(F)F)CC3)c1. The highest BCUT2D eigenvalue weighted by Crippen LogP contribution is 2.50. The average molecular weight is 558 g/mol. The summed E-state index contributed by atoms with van der Waals surface area (Å²) in [7, 11) is 3.13. The number of anilines is 1. The topological polar surface area (TPSA) is 112 Å². The number of halogens is 2. The first-order chi connectivity index (χ1) is 19.2. The van der Waals surface area contributed by atoms with Crippen LogP contribution in [-0.2, 0) is 11.3 Å². The van der Waals surface area contributed by atoms with Crippen LogP contribution >= 0.6 is 0 Å². The molecular weight excluding hydrogens is 524 g/mol. The van der Waals surface area contributed by atoms with E-state index in [2.05, 4.69) is 20.8 Å². The molecule has 0 unspecified atom stereocenters. The molecule has 2 N–H and O–H groups in total. The zero-order valence-corrected chi connectivity index (χ0v) is 22.5. The molecule has 2 aromatic rings. The fourth-order valence-electron chi connectivity index (χ4n) is 6.04. The molecule has 40 heavy (non-hydrogen) atoms. The Morgan fingerprint density at radius 3 is 2.52 bits per heavy atom. The number of alkyl halides is 2. The number of hydrogen-bond donors (Lipinski definition) is 2. The maximum atomic E-state index is 14.0. The second-order valence-electron chi connectivity index (χ2n) is 11.0. The first kappa shape index (κ1) is 26.6. The van der Waals surface area contributed by atoms with Crippen LogP contribution in [0.4, 0.5) is 19.5 Å². The smallest absolute Gasteiger partial charge is 0.327 e. The summed E-state index contributed by atoms with van der Waals surface area (Å²) in [6, 6.07) is 7.27. The minimum atomic E-state index is -2.90. The van der Waals surface area contributed by atoms with Gasteiger partial charge in [-0.25, -0.2) is 18.6 Å². The summed E-state index contributed by atoms with van der Waals surface area (Å²) in [5.74, 6) is -3.15. The van der Waals surface area contributed by atoms with Crippen molar-refractivity contribution in [3.05, 3.63) is 41.6 Å². The number of hydrazine groups is 1. The fourth-order valence-corrected chi connectivity index (χ4v) is 6.04. The maximum absolute atomic E-state index is 14.0. The Bertz CT molecular complexity index is 1300. The first-order valence-corrected chi connectivity index (χ1v) is 13.5. The minimum Gasteiger partial charge on any atom is -0.497 e. The van der Waals surface area contributed by atoms with E-state index in [9.17, 15) is 18.4 Å². The molecule has 3 aliphatic heterocycles. The summed E-state index contributed by atoms with van der Waals surface area (Å²) >= 11 is 0. The number of carbonyl (C=O) groups excluding carboxylic acids is 2. The molecule has 214 valence electrons. The Morgan fingerprint density at radius 2 is 1.88 bits per heavy atom. The molecule has 11 nitrogen and oxygen atoms in total. The van der Waals surface area contributed by atoms with Crippen molar-refractivity contribution in [2.45, 2.75) is 43.2 Å². The Balaban J connectivity index is 1.28. The number of benzene rings is 1. The van der Waals surface area contributed by atoms with Gasteiger partial charge in [0.15, 0.2) is 0 Å². The molecule has 1 aromatic carbocycles. The molecule has 4 heterocycles. The highest BCUT2D eigenvalue weighted by molar-refractivity contribution is 5.94. The van der Waals surface area contributed by atoms with Crippen LogP contribution in [0.25, 0.3) is 0 Å². The summed E-state index contributed by atoms with van der Waals surface area (Å²) in [5.41, 5.74) is 7.29. The number of rotatable bonds is 7. The van der Waals surface area contributed by atoms with Crippen LogP contribution in [0, 0.1) is 5.92 Å². The molecule has 6 rings (SSSR count). The van der Waals surface area contributed by atoms with Gasteiger partial charge in [0, 0.05) is 56.8 Å². The summed E-state index contributed by atoms with van der Waals surface area (Å²) in [5, 5.41) is 0. The van der Waals surface area contributed by atoms with Crippen molar-refractivity contribution in [3.8, 4) is 11.6 Å². The predicted octanol–water partition coefficient (Wildman–Crippen LogP) is 2.14. The van der Waals surface area contributed by atoms with Gasteiger partial charge < -0.3 is 19.3 Å². The van der Waals surface area contributed by atoms with E-state index in [1.54, 1.807) is 25.3 Å². The van der Waals surface area contributed by atoms with Gasteiger partial charge in [0.25, 0.3) is 5.92 Å². The number of urea groups is 1. The van der Waals surface area contributed by atoms with Crippen molar-refractivity contribution < 1.29 is 27.8 Å². The van der Waals surface area contributed by atoms with E-state index >= 15 is 0 Å². The Hall–Kier alpha value is -3.58. The van der Waals surface area contributed by atoms with Crippen molar-refractivity contribution in [1.82, 2.24) is 30.6 Å². The Morgan fingerprint density at radius 1 is 1.15 bits per heavy atom. The number of piperidine rings is 1. The second-order valence-corrected chi connectivity index (χ2v) is 11.0. The number of methoxy groups -OCH3 is 2. The highest BCUT2D eigenvalue weighted by atomic mass is 19.3. The van der Waals surface area contributed by atoms with Crippen LogP contribution in [0.3, 0.4) is 0 Å². The molecule has 1 saturated carbocycles. The third-order valence-electron chi connectivity index (χ3n) is 8.56. The molecular formula is C27H33F2N7O4. The van der Waals surface area contributed by atoms with Gasteiger partial charge in [-0.2, -0.15) is 4.98 Å². The monoisotopic (exact) mass is 557 g/mol. The number of amides is 3. The van der Waals surface area contributed by atoms with Crippen LogP contribution in [-0.4, -0.2) is 90.1 Å². The number of nitrogens with zero attached hydrogens (tertiary/aromatic N) is 5. The van der Waals surface area contributed by atoms with Crippen LogP contribution in [0.2, 0.25) is 0 Å². The number of likely N-dealkylation sites (tertiary alicyclic amines) is 1. The number of carbonyl (C=O) groups is 2. The third kappa shape index (κ3) is 4.70. The molecule has 1 aliphatic carbocycles. The molecule has 0 radical (unpaired) electrons. The molecule has 1 aromatic heterocycles. The molecule has 1 spiro atoms. The maximum Gasteiger partial charge on any atom is 0.327 e. The van der Waals surface area contributed by atoms with Crippen molar-refractivity contribution in [2.75, 3.05) is 51.8 Å². The van der Waals surface area contributed by atoms with Crippen molar-refractivity contribution in [1.29, 1.82) is 0 Å². The van der Waals surface area contributed by atoms with Gasteiger partial charge in [-0.1, -0.05) is 12.1 Å². The fraction of sp³-hybridized carbons (Fsp3) is 0.556. The highest BCUT2D eigenvalue weighted by Gasteiger charge is 2.63. The van der Waals surface area contributed by atoms with Crippen molar-refractivity contribution in [3.63, 3.8) is 0 Å². The normalized spacial score (nSPS) is 23.6. The number of hydrogen-bond acceptors (Lipinski definition) is 8. The van der Waals surface area contributed by atoms with E-state index in [1.807, 2.05) is 29.2 Å². The molecule has 4 fully saturated rings. The second kappa shape index (κ2) is 10.1. The lowest BCUT2D eigenvalue weighted by Gasteiger charge is -2.43. The van der Waals surface area contributed by atoms with E-state index < -0.39 is 23.3 Å². The zero-order chi connectivity index (χ0) is 28.1. The molecule has 3 amide bonds. The first-order valence-electron chi connectivity index (χ1n) is 13.5. The van der Waals surface area contributed by atoms with Crippen molar-refractivity contribution in [2.24, 2.45) is 5.92 Å². The number of aromatic nitrogens is 2. The lowest BCUT2D eigenvalue weighted by molar-refractivity contribution is -0.137. The largest absolute Gasteiger partial charge is 0.497 e. The summed E-state index contributed by atoms with van der Waals surface area (Å²) in [6.07, 6.45) is 2.24. The van der Waals surface area contributed by atoms with Crippen LogP contribution in [0.5, 0.6) is 11.6 Å². The summed E-state index contributed by atoms with van der Waals surface area (Å²) < 4.78 is 38.1. The number of nitrogens with one attached hydrogen (secondary N) is 2. The van der Waals surface area contributed by atoms with Gasteiger partial charge >= 0.3 is 6.03 Å². The molecule has 4 aliphatic rings. The van der Waals surface area contributed by atoms with Gasteiger partial charge in [-0.3, -0.25) is 20.5 Å². The summed E-state index contributed by atoms with van der Waals surface area (Å²) in [4.78, 5) is 40.8. The lowest BCUT2D eigenvalue weighted by Crippen LogP contribution is -2.55. The Kier molecular flexibility index (Phi) is 6.73. The van der Waals surface area contributed by atoms with Gasteiger partial charge in [-0.15, -0.1) is 0 Å². The standard InChI is InChI=1S/C27H33F2N7O4/c1-39-19-5-3-4-17(10-19)15-36-25(38)35(24-30-14-20(22(33-24)40-2)18-12-31-32-13-18)16-26(36)6-8-34(9-7-26)23(37)21-11-27(21,28)29/h3-5,10,14,18,21,31-32H,6-9,11-13,15-16H2,1-2H3/t21-/m0/s1. The molecule has 3 saturated heterocycles. The quantitative estimate of drug-likeness (QED) is 0.533. The predicted molar refractivity (Wildman–Crippen MR) is 140 cm³/mol. The number of ether oxygens (including phenoxy) is 2. The molecule has 1 atom stereocenters. The average Bonchev–Trinajstić information content (AvgIpc) is 3.27. The molecule has 0 bridgehead atoms.